The minimum atomic E-state index is -0.887. The number of hydrogen-bond acceptors (Lipinski definition) is 6. The first-order valence-electron chi connectivity index (χ1n) is 8.94. The van der Waals surface area contributed by atoms with E-state index in [1.54, 1.807) is 36.4 Å². The minimum Gasteiger partial charge on any atom is -0.490 e. The topological polar surface area (TPSA) is 91.3 Å². The molecule has 1 N–H and O–H groups in total. The molecule has 0 aromatic heterocycles. The molecule has 0 bridgehead atoms. The van der Waals surface area contributed by atoms with Gasteiger partial charge in [0.15, 0.2) is 0 Å². The van der Waals surface area contributed by atoms with Crippen molar-refractivity contribution in [1.82, 2.24) is 0 Å². The fourth-order valence-electron chi connectivity index (χ4n) is 3.23. The number of carboxylic acids is 1. The van der Waals surface area contributed by atoms with Crippen LogP contribution in [-0.4, -0.2) is 36.4 Å². The molecule has 2 aliphatic rings. The molecular formula is C21H22O7. The van der Waals surface area contributed by atoms with E-state index < -0.39 is 11.9 Å². The Morgan fingerprint density at radius 1 is 0.929 bits per heavy atom. The van der Waals surface area contributed by atoms with Crippen molar-refractivity contribution < 1.29 is 33.9 Å². The second-order valence-corrected chi connectivity index (χ2v) is 6.75. The Hall–Kier alpha value is -3.06. The lowest BCUT2D eigenvalue weighted by Crippen LogP contribution is -2.05. The number of fused-ring (bicyclic) bond motifs is 2. The lowest BCUT2D eigenvalue weighted by molar-refractivity contribution is -0.216. The first-order valence-corrected chi connectivity index (χ1v) is 8.94. The van der Waals surface area contributed by atoms with Gasteiger partial charge in [0.1, 0.15) is 23.7 Å². The van der Waals surface area contributed by atoms with Crippen LogP contribution >= 0.6 is 0 Å². The predicted molar refractivity (Wildman–Crippen MR) is 99.9 cm³/mol. The second-order valence-electron chi connectivity index (χ2n) is 6.75. The Morgan fingerprint density at radius 3 is 1.93 bits per heavy atom. The average Bonchev–Trinajstić information content (AvgIpc) is 3.21. The van der Waals surface area contributed by atoms with Crippen molar-refractivity contribution in [3.63, 3.8) is 0 Å². The molecule has 0 saturated carbocycles. The highest BCUT2D eigenvalue weighted by atomic mass is 17.2. The molecule has 0 aliphatic carbocycles. The lowest BCUT2D eigenvalue weighted by Gasteiger charge is -2.03. The highest BCUT2D eigenvalue weighted by molar-refractivity contribution is 5.89. The number of carbonyl (C=O) groups excluding carboxylic acids is 1. The normalized spacial score (nSPS) is 18.7. The number of aromatic carboxylic acids is 1. The summed E-state index contributed by atoms with van der Waals surface area (Å²) in [5, 5.41) is 8.74. The van der Waals surface area contributed by atoms with Crippen molar-refractivity contribution in [2.24, 2.45) is 0 Å². The molecule has 0 radical (unpaired) electrons. The van der Waals surface area contributed by atoms with Gasteiger partial charge in [0, 0.05) is 12.8 Å². The number of hydrogen-bond donors (Lipinski definition) is 1. The van der Waals surface area contributed by atoms with E-state index in [-0.39, 0.29) is 12.2 Å². The second kappa shape index (κ2) is 8.31. The van der Waals surface area contributed by atoms with Gasteiger partial charge in [0.25, 0.3) is 0 Å². The third kappa shape index (κ3) is 4.43. The van der Waals surface area contributed by atoms with E-state index in [4.69, 9.17) is 14.6 Å². The molecule has 2 unspecified atom stereocenters. The fraction of sp³-hybridized carbons (Fsp3) is 0.333. The van der Waals surface area contributed by atoms with Crippen LogP contribution in [0.5, 0.6) is 11.5 Å². The molecule has 2 aromatic rings. The smallest absolute Gasteiger partial charge is 0.373 e. The zero-order chi connectivity index (χ0) is 20.3. The summed E-state index contributed by atoms with van der Waals surface area (Å²) in [6, 6.07) is 10.2. The fourth-order valence-corrected chi connectivity index (χ4v) is 3.23. The van der Waals surface area contributed by atoms with Crippen molar-refractivity contribution in [2.45, 2.75) is 38.9 Å². The maximum absolute atomic E-state index is 11.3. The maximum atomic E-state index is 11.3. The molecule has 4 rings (SSSR count). The Labute approximate surface area is 162 Å². The summed E-state index contributed by atoms with van der Waals surface area (Å²) < 4.78 is 11.0. The zero-order valence-corrected chi connectivity index (χ0v) is 15.9. The summed E-state index contributed by atoms with van der Waals surface area (Å²) in [7, 11) is 1.30. The van der Waals surface area contributed by atoms with Crippen LogP contribution < -0.4 is 9.47 Å². The molecule has 2 heterocycles. The number of benzene rings is 2. The van der Waals surface area contributed by atoms with Crippen LogP contribution in [0.1, 0.15) is 45.7 Å². The van der Waals surface area contributed by atoms with Crippen LogP contribution in [0, 0.1) is 0 Å². The van der Waals surface area contributed by atoms with E-state index in [2.05, 4.69) is 9.78 Å². The average molecular weight is 386 g/mol. The van der Waals surface area contributed by atoms with Crippen LogP contribution in [0.4, 0.5) is 0 Å². The Bertz CT molecular complexity index is 890. The first-order chi connectivity index (χ1) is 13.4. The summed E-state index contributed by atoms with van der Waals surface area (Å²) in [5.41, 5.74) is 2.84. The summed E-state index contributed by atoms with van der Waals surface area (Å²) in [6.07, 6.45) is 1.97. The van der Waals surface area contributed by atoms with E-state index in [1.165, 1.54) is 7.11 Å². The van der Waals surface area contributed by atoms with Gasteiger partial charge in [0.05, 0.1) is 18.2 Å². The standard InChI is InChI=1S/C11H12O4.C10H10O3/c1-7-5-9-6-8(11(12)15-13-2)3-4-10(9)14-7;1-6-4-8-5-7(10(11)12)2-3-9(8)13-6/h3-4,6-7H,5H2,1-2H3;2-3,5-6H,4H2,1H3,(H,11,12). The van der Waals surface area contributed by atoms with Crippen LogP contribution in [0.3, 0.4) is 0 Å². The maximum Gasteiger partial charge on any atom is 0.373 e. The summed E-state index contributed by atoms with van der Waals surface area (Å²) in [5.74, 6) is 0.288. The van der Waals surface area contributed by atoms with E-state index >= 15 is 0 Å². The molecule has 28 heavy (non-hydrogen) atoms. The number of ether oxygens (including phenoxy) is 2. The van der Waals surface area contributed by atoms with Crippen molar-refractivity contribution in [1.29, 1.82) is 0 Å². The SMILES string of the molecule is CC1Cc2cc(C(=O)O)ccc2O1.COOC(=O)c1ccc2c(c1)CC(C)O2. The molecule has 148 valence electrons. The monoisotopic (exact) mass is 386 g/mol. The van der Waals surface area contributed by atoms with Gasteiger partial charge in [0.2, 0.25) is 0 Å². The summed E-state index contributed by atoms with van der Waals surface area (Å²) in [4.78, 5) is 30.7. The highest BCUT2D eigenvalue weighted by Crippen LogP contribution is 2.30. The van der Waals surface area contributed by atoms with Crippen LogP contribution in [0.25, 0.3) is 0 Å². The van der Waals surface area contributed by atoms with Gasteiger partial charge in [-0.2, -0.15) is 4.89 Å². The van der Waals surface area contributed by atoms with E-state index in [1.807, 2.05) is 13.8 Å². The molecule has 2 atom stereocenters. The van der Waals surface area contributed by atoms with Gasteiger partial charge in [-0.05, 0) is 61.4 Å². The van der Waals surface area contributed by atoms with Gasteiger partial charge in [-0.1, -0.05) is 0 Å². The van der Waals surface area contributed by atoms with Crippen LogP contribution in [0.15, 0.2) is 36.4 Å². The number of carbonyl (C=O) groups is 2. The minimum absolute atomic E-state index is 0.166. The molecule has 2 aromatic carbocycles. The Balaban J connectivity index is 0.000000162. The van der Waals surface area contributed by atoms with E-state index in [0.717, 1.165) is 35.5 Å². The van der Waals surface area contributed by atoms with Crippen LogP contribution in [0.2, 0.25) is 0 Å². The third-order valence-electron chi connectivity index (χ3n) is 4.43. The number of carboxylic acid groups (broad SMARTS) is 1. The van der Waals surface area contributed by atoms with Crippen molar-refractivity contribution in [3.8, 4) is 11.5 Å². The van der Waals surface area contributed by atoms with Gasteiger partial charge >= 0.3 is 11.9 Å². The molecule has 0 fully saturated rings. The zero-order valence-electron chi connectivity index (χ0n) is 15.9. The van der Waals surface area contributed by atoms with Crippen molar-refractivity contribution in [2.75, 3.05) is 7.11 Å². The van der Waals surface area contributed by atoms with Gasteiger partial charge in [-0.15, -0.1) is 0 Å². The molecule has 0 saturated heterocycles. The quantitative estimate of drug-likeness (QED) is 0.638. The van der Waals surface area contributed by atoms with Crippen molar-refractivity contribution in [3.05, 3.63) is 58.7 Å². The summed E-state index contributed by atoms with van der Waals surface area (Å²) >= 11 is 0. The molecule has 7 nitrogen and oxygen atoms in total. The lowest BCUT2D eigenvalue weighted by atomic mass is 10.1. The van der Waals surface area contributed by atoms with Gasteiger partial charge in [-0.25, -0.2) is 9.59 Å². The van der Waals surface area contributed by atoms with Gasteiger partial charge < -0.3 is 14.6 Å². The molecular weight excluding hydrogens is 364 g/mol. The van der Waals surface area contributed by atoms with Gasteiger partial charge in [-0.3, -0.25) is 4.89 Å². The third-order valence-corrected chi connectivity index (χ3v) is 4.43. The summed E-state index contributed by atoms with van der Waals surface area (Å²) in [6.45, 7) is 3.97. The number of rotatable bonds is 3. The molecule has 7 heteroatoms. The van der Waals surface area contributed by atoms with E-state index in [9.17, 15) is 9.59 Å². The molecule has 0 spiro atoms. The largest absolute Gasteiger partial charge is 0.490 e. The van der Waals surface area contributed by atoms with E-state index in [0.29, 0.717) is 11.1 Å². The van der Waals surface area contributed by atoms with Crippen LogP contribution in [-0.2, 0) is 22.6 Å². The Kier molecular flexibility index (Phi) is 5.84. The molecule has 0 amide bonds. The first kappa shape index (κ1) is 19.7. The van der Waals surface area contributed by atoms with Crippen molar-refractivity contribution >= 4 is 11.9 Å². The Morgan fingerprint density at radius 2 is 1.43 bits per heavy atom. The highest BCUT2D eigenvalue weighted by Gasteiger charge is 2.21. The predicted octanol–water partition coefficient (Wildman–Crippen LogP) is 3.44. The molecule has 2 aliphatic heterocycles.